The summed E-state index contributed by atoms with van der Waals surface area (Å²) in [6.07, 6.45) is 1.09. The van der Waals surface area contributed by atoms with Crippen LogP contribution in [0.2, 0.25) is 5.02 Å². The van der Waals surface area contributed by atoms with Crippen molar-refractivity contribution in [3.8, 4) is 6.07 Å². The normalized spacial score (nSPS) is 17.5. The van der Waals surface area contributed by atoms with E-state index in [2.05, 4.69) is 76.9 Å². The molecule has 1 aliphatic rings. The lowest BCUT2D eigenvalue weighted by Crippen LogP contribution is -2.33. The first kappa shape index (κ1) is 22.5. The highest BCUT2D eigenvalue weighted by molar-refractivity contribution is 6.30. The largest absolute Gasteiger partial charge is 0.367 e. The van der Waals surface area contributed by atoms with Gasteiger partial charge in [0.05, 0.1) is 11.6 Å². The van der Waals surface area contributed by atoms with Crippen LogP contribution in [0, 0.1) is 23.2 Å². The predicted octanol–water partition coefficient (Wildman–Crippen LogP) is 6.45. The molecule has 1 heterocycles. The van der Waals surface area contributed by atoms with Crippen molar-refractivity contribution < 1.29 is 0 Å². The Labute approximate surface area is 206 Å². The predicted molar refractivity (Wildman–Crippen MR) is 141 cm³/mol. The van der Waals surface area contributed by atoms with E-state index in [1.54, 1.807) is 0 Å². The average molecular weight is 466 g/mol. The van der Waals surface area contributed by atoms with Crippen molar-refractivity contribution in [3.05, 3.63) is 113 Å². The van der Waals surface area contributed by atoms with Gasteiger partial charge in [-0.25, -0.2) is 0 Å². The second-order valence-corrected chi connectivity index (χ2v) is 9.59. The fourth-order valence-electron chi connectivity index (χ4n) is 5.16. The molecule has 0 bridgehead atoms. The maximum atomic E-state index is 9.57. The van der Waals surface area contributed by atoms with Crippen LogP contribution in [0.25, 0.3) is 10.8 Å². The van der Waals surface area contributed by atoms with Gasteiger partial charge in [0.1, 0.15) is 0 Å². The Kier molecular flexibility index (Phi) is 6.81. The third kappa shape index (κ3) is 4.94. The van der Waals surface area contributed by atoms with Crippen LogP contribution in [0.3, 0.4) is 0 Å². The van der Waals surface area contributed by atoms with Crippen molar-refractivity contribution in [3.63, 3.8) is 0 Å². The molecule has 2 atom stereocenters. The van der Waals surface area contributed by atoms with E-state index in [0.717, 1.165) is 54.0 Å². The molecule has 34 heavy (non-hydrogen) atoms. The molecular formula is C30H28ClN3. The highest BCUT2D eigenvalue weighted by Crippen LogP contribution is 2.29. The molecule has 0 saturated carbocycles. The SMILES string of the molecule is N#Cc1ccc(CN(CC2CNCC2Cc2ccccc2)c2ccc(Cl)cc2)c2ccccc12. The molecule has 1 saturated heterocycles. The first-order valence-corrected chi connectivity index (χ1v) is 12.2. The van der Waals surface area contributed by atoms with Crippen molar-refractivity contribution >= 4 is 28.1 Å². The van der Waals surface area contributed by atoms with Gasteiger partial charge in [0.2, 0.25) is 0 Å². The van der Waals surface area contributed by atoms with Crippen LogP contribution in [-0.4, -0.2) is 19.6 Å². The fraction of sp³-hybridized carbons (Fsp3) is 0.233. The summed E-state index contributed by atoms with van der Waals surface area (Å²) in [5.41, 5.74) is 4.52. The average Bonchev–Trinajstić information content (AvgIpc) is 3.31. The molecule has 0 spiro atoms. The number of benzene rings is 4. The van der Waals surface area contributed by atoms with E-state index >= 15 is 0 Å². The minimum absolute atomic E-state index is 0.542. The molecule has 2 unspecified atom stereocenters. The summed E-state index contributed by atoms with van der Waals surface area (Å²) in [7, 11) is 0. The number of nitrogens with zero attached hydrogens (tertiary/aromatic N) is 2. The molecule has 1 fully saturated rings. The summed E-state index contributed by atoms with van der Waals surface area (Å²) in [5.74, 6) is 1.13. The van der Waals surface area contributed by atoms with Gasteiger partial charge in [-0.15, -0.1) is 0 Å². The highest BCUT2D eigenvalue weighted by atomic mass is 35.5. The summed E-state index contributed by atoms with van der Waals surface area (Å²) < 4.78 is 0. The molecular weight excluding hydrogens is 438 g/mol. The number of anilines is 1. The number of nitriles is 1. The van der Waals surface area contributed by atoms with Crippen LogP contribution in [-0.2, 0) is 13.0 Å². The van der Waals surface area contributed by atoms with Crippen molar-refractivity contribution in [2.45, 2.75) is 13.0 Å². The second-order valence-electron chi connectivity index (χ2n) is 9.15. The first-order chi connectivity index (χ1) is 16.7. The smallest absolute Gasteiger partial charge is 0.0998 e. The van der Waals surface area contributed by atoms with Crippen molar-refractivity contribution in [1.29, 1.82) is 5.26 Å². The van der Waals surface area contributed by atoms with Crippen LogP contribution in [0.1, 0.15) is 16.7 Å². The van der Waals surface area contributed by atoms with E-state index in [9.17, 15) is 5.26 Å². The zero-order valence-corrected chi connectivity index (χ0v) is 19.9. The monoisotopic (exact) mass is 465 g/mol. The van der Waals surface area contributed by atoms with Crippen LogP contribution in [0.4, 0.5) is 5.69 Å². The Morgan fingerprint density at radius 3 is 2.29 bits per heavy atom. The molecule has 0 radical (unpaired) electrons. The maximum absolute atomic E-state index is 9.57. The Hall–Kier alpha value is -3.32. The van der Waals surface area contributed by atoms with Crippen LogP contribution in [0.5, 0.6) is 0 Å². The van der Waals surface area contributed by atoms with E-state index in [1.165, 1.54) is 16.8 Å². The van der Waals surface area contributed by atoms with Gasteiger partial charge < -0.3 is 10.2 Å². The van der Waals surface area contributed by atoms with Gasteiger partial charge in [-0.3, -0.25) is 0 Å². The highest BCUT2D eigenvalue weighted by Gasteiger charge is 2.29. The number of halogens is 1. The molecule has 4 aromatic carbocycles. The molecule has 5 rings (SSSR count). The molecule has 0 aliphatic carbocycles. The summed E-state index contributed by atoms with van der Waals surface area (Å²) in [6.45, 7) is 3.81. The van der Waals surface area contributed by atoms with E-state index in [4.69, 9.17) is 11.6 Å². The van der Waals surface area contributed by atoms with E-state index in [1.807, 2.05) is 30.3 Å². The molecule has 4 heteroatoms. The van der Waals surface area contributed by atoms with Crippen molar-refractivity contribution in [2.75, 3.05) is 24.5 Å². The minimum Gasteiger partial charge on any atom is -0.367 e. The standard InChI is InChI=1S/C30H28ClN3/c31-27-12-14-28(15-13-27)34(20-24-11-10-23(17-32)29-8-4-5-9-30(24)29)21-26-19-33-18-25(26)16-22-6-2-1-3-7-22/h1-15,25-26,33H,16,18-21H2. The Bertz CT molecular complexity index is 1290. The number of fused-ring (bicyclic) bond motifs is 1. The first-order valence-electron chi connectivity index (χ1n) is 11.9. The van der Waals surface area contributed by atoms with E-state index < -0.39 is 0 Å². The fourth-order valence-corrected chi connectivity index (χ4v) is 5.28. The molecule has 1 aliphatic heterocycles. The Morgan fingerprint density at radius 2 is 1.53 bits per heavy atom. The van der Waals surface area contributed by atoms with Crippen molar-refractivity contribution in [1.82, 2.24) is 5.32 Å². The molecule has 0 amide bonds. The summed E-state index contributed by atoms with van der Waals surface area (Å²) in [5, 5.41) is 16.1. The minimum atomic E-state index is 0.542. The van der Waals surface area contributed by atoms with Crippen molar-refractivity contribution in [2.24, 2.45) is 11.8 Å². The van der Waals surface area contributed by atoms with Gasteiger partial charge in [0.25, 0.3) is 0 Å². The summed E-state index contributed by atoms with van der Waals surface area (Å²) in [6, 6.07) is 33.6. The number of hydrogen-bond acceptors (Lipinski definition) is 3. The quantitative estimate of drug-likeness (QED) is 0.341. The third-order valence-corrected chi connectivity index (χ3v) is 7.22. The maximum Gasteiger partial charge on any atom is 0.0998 e. The third-order valence-electron chi connectivity index (χ3n) is 6.96. The number of nitrogens with one attached hydrogen (secondary N) is 1. The number of rotatable bonds is 7. The topological polar surface area (TPSA) is 39.1 Å². The molecule has 4 aromatic rings. The van der Waals surface area contributed by atoms with Crippen LogP contribution < -0.4 is 10.2 Å². The Morgan fingerprint density at radius 1 is 0.824 bits per heavy atom. The van der Waals surface area contributed by atoms with Gasteiger partial charge in [0, 0.05) is 23.8 Å². The number of hydrogen-bond donors (Lipinski definition) is 1. The molecule has 0 aromatic heterocycles. The Balaban J connectivity index is 1.44. The molecule has 1 N–H and O–H groups in total. The second kappa shape index (κ2) is 10.3. The lowest BCUT2D eigenvalue weighted by Gasteiger charge is -2.31. The summed E-state index contributed by atoms with van der Waals surface area (Å²) in [4.78, 5) is 2.47. The zero-order valence-electron chi connectivity index (χ0n) is 19.1. The van der Waals surface area contributed by atoms with Gasteiger partial charge in [0.15, 0.2) is 0 Å². The molecule has 3 nitrogen and oxygen atoms in total. The van der Waals surface area contributed by atoms with E-state index in [-0.39, 0.29) is 0 Å². The lowest BCUT2D eigenvalue weighted by atomic mass is 9.89. The lowest BCUT2D eigenvalue weighted by molar-refractivity contribution is 0.413. The van der Waals surface area contributed by atoms with Gasteiger partial charge >= 0.3 is 0 Å². The van der Waals surface area contributed by atoms with E-state index in [0.29, 0.717) is 11.8 Å². The van der Waals surface area contributed by atoms with Gasteiger partial charge in [-0.2, -0.15) is 5.26 Å². The van der Waals surface area contributed by atoms with Crippen LogP contribution in [0.15, 0.2) is 91.0 Å². The summed E-state index contributed by atoms with van der Waals surface area (Å²) >= 11 is 6.21. The van der Waals surface area contributed by atoms with Gasteiger partial charge in [-0.05, 0) is 83.6 Å². The molecule has 170 valence electrons. The van der Waals surface area contributed by atoms with Gasteiger partial charge in [-0.1, -0.05) is 72.3 Å². The van der Waals surface area contributed by atoms with Crippen LogP contribution >= 0.6 is 11.6 Å². The zero-order chi connectivity index (χ0) is 23.3.